The maximum absolute atomic E-state index is 13.3. The van der Waals surface area contributed by atoms with Gasteiger partial charge >= 0.3 is 0 Å². The minimum absolute atomic E-state index is 0.0334. The number of rotatable bonds is 7. The highest BCUT2D eigenvalue weighted by Crippen LogP contribution is 2.20. The van der Waals surface area contributed by atoms with Gasteiger partial charge in [0.15, 0.2) is 0 Å². The van der Waals surface area contributed by atoms with Crippen molar-refractivity contribution < 1.29 is 23.5 Å². The van der Waals surface area contributed by atoms with Crippen LogP contribution in [0.25, 0.3) is 0 Å². The average molecular weight is 464 g/mol. The first-order valence-electron chi connectivity index (χ1n) is 11.2. The van der Waals surface area contributed by atoms with E-state index >= 15 is 0 Å². The number of furan rings is 1. The number of methoxy groups -OCH3 is 1. The summed E-state index contributed by atoms with van der Waals surface area (Å²) >= 11 is 0. The first-order chi connectivity index (χ1) is 16.4. The maximum Gasteiger partial charge on any atom is 0.257 e. The molecule has 1 aliphatic rings. The predicted molar refractivity (Wildman–Crippen MR) is 125 cm³/mol. The van der Waals surface area contributed by atoms with Gasteiger partial charge < -0.3 is 23.7 Å². The molecule has 3 heterocycles. The van der Waals surface area contributed by atoms with Crippen molar-refractivity contribution in [3.8, 4) is 5.75 Å². The van der Waals surface area contributed by atoms with Gasteiger partial charge in [0.2, 0.25) is 5.91 Å². The van der Waals surface area contributed by atoms with Crippen molar-refractivity contribution in [2.24, 2.45) is 0 Å². The first-order valence-corrected chi connectivity index (χ1v) is 11.2. The second kappa shape index (κ2) is 10.5. The Kier molecular flexibility index (Phi) is 7.27. The number of hydrogen-bond acceptors (Lipinski definition) is 6. The zero-order valence-corrected chi connectivity index (χ0v) is 19.7. The van der Waals surface area contributed by atoms with Gasteiger partial charge in [-0.3, -0.25) is 14.6 Å². The van der Waals surface area contributed by atoms with Crippen molar-refractivity contribution in [3.63, 3.8) is 0 Å². The second-order valence-electron chi connectivity index (χ2n) is 8.39. The molecule has 2 aromatic heterocycles. The largest absolute Gasteiger partial charge is 0.497 e. The topological polar surface area (TPSA) is 85.1 Å². The van der Waals surface area contributed by atoms with E-state index in [4.69, 9.17) is 13.9 Å². The lowest BCUT2D eigenvalue weighted by Crippen LogP contribution is -2.39. The van der Waals surface area contributed by atoms with Crippen molar-refractivity contribution >= 4 is 11.8 Å². The number of pyridine rings is 1. The van der Waals surface area contributed by atoms with E-state index in [2.05, 4.69) is 4.98 Å². The molecule has 0 spiro atoms. The molecule has 8 heteroatoms. The predicted octanol–water partition coefficient (Wildman–Crippen LogP) is 3.37. The van der Waals surface area contributed by atoms with Gasteiger partial charge in [-0.1, -0.05) is 18.2 Å². The minimum atomic E-state index is -0.376. The summed E-state index contributed by atoms with van der Waals surface area (Å²) in [6.07, 6.45) is 1.33. The van der Waals surface area contributed by atoms with Crippen molar-refractivity contribution in [2.45, 2.75) is 33.1 Å². The summed E-state index contributed by atoms with van der Waals surface area (Å²) in [6.45, 7) is 4.85. The summed E-state index contributed by atoms with van der Waals surface area (Å²) in [4.78, 5) is 34.1. The molecule has 0 bridgehead atoms. The third-order valence-corrected chi connectivity index (χ3v) is 5.78. The van der Waals surface area contributed by atoms with Gasteiger partial charge in [0.05, 0.1) is 37.6 Å². The van der Waals surface area contributed by atoms with Gasteiger partial charge in [-0.2, -0.15) is 0 Å². The number of benzene rings is 1. The molecule has 1 aromatic carbocycles. The minimum Gasteiger partial charge on any atom is -0.497 e. The number of nitrogens with zero attached hydrogens (tertiary/aromatic N) is 3. The SMILES string of the molecule is COc1cccc(COC2CN(Cc3ccccn3)C(=O)CN(C(=O)c3cc(C)oc3C)C2)c1. The van der Waals surface area contributed by atoms with Crippen molar-refractivity contribution in [2.75, 3.05) is 26.7 Å². The van der Waals surface area contributed by atoms with Crippen LogP contribution in [0, 0.1) is 13.8 Å². The van der Waals surface area contributed by atoms with Crippen molar-refractivity contribution in [3.05, 3.63) is 83.1 Å². The fraction of sp³-hybridized carbons (Fsp3) is 0.346. The number of hydrogen-bond donors (Lipinski definition) is 0. The summed E-state index contributed by atoms with van der Waals surface area (Å²) in [7, 11) is 1.62. The van der Waals surface area contributed by atoms with Gasteiger partial charge in [-0.25, -0.2) is 0 Å². The lowest BCUT2D eigenvalue weighted by atomic mass is 10.2. The lowest BCUT2D eigenvalue weighted by Gasteiger charge is -2.24. The van der Waals surface area contributed by atoms with Crippen LogP contribution in [-0.4, -0.2) is 59.4 Å². The summed E-state index contributed by atoms with van der Waals surface area (Å²) in [5.74, 6) is 1.56. The molecule has 1 unspecified atom stereocenters. The van der Waals surface area contributed by atoms with Crippen LogP contribution in [0.5, 0.6) is 5.75 Å². The molecule has 3 aromatic rings. The molecule has 4 rings (SSSR count). The third kappa shape index (κ3) is 5.63. The van der Waals surface area contributed by atoms with E-state index in [0.717, 1.165) is 17.0 Å². The van der Waals surface area contributed by atoms with E-state index in [1.807, 2.05) is 42.5 Å². The highest BCUT2D eigenvalue weighted by molar-refractivity contribution is 5.97. The molecule has 1 aliphatic heterocycles. The number of aryl methyl sites for hydroxylation is 2. The Morgan fingerprint density at radius 3 is 2.71 bits per heavy atom. The van der Waals surface area contributed by atoms with E-state index in [-0.39, 0.29) is 31.0 Å². The summed E-state index contributed by atoms with van der Waals surface area (Å²) in [6, 6.07) is 15.0. The molecule has 178 valence electrons. The van der Waals surface area contributed by atoms with Crippen molar-refractivity contribution in [1.29, 1.82) is 0 Å². The van der Waals surface area contributed by atoms with Crippen LogP contribution in [0.3, 0.4) is 0 Å². The van der Waals surface area contributed by atoms with Crippen molar-refractivity contribution in [1.82, 2.24) is 14.8 Å². The molecular formula is C26H29N3O5. The van der Waals surface area contributed by atoms with Crippen LogP contribution in [0.4, 0.5) is 0 Å². The lowest BCUT2D eigenvalue weighted by molar-refractivity contribution is -0.132. The molecule has 1 fully saturated rings. The number of amides is 2. The summed E-state index contributed by atoms with van der Waals surface area (Å²) in [5.41, 5.74) is 2.20. The number of carbonyl (C=O) groups is 2. The molecule has 1 saturated heterocycles. The normalized spacial score (nSPS) is 16.4. The zero-order chi connectivity index (χ0) is 24.1. The van der Waals surface area contributed by atoms with E-state index < -0.39 is 0 Å². The van der Waals surface area contributed by atoms with Gasteiger partial charge in [-0.15, -0.1) is 0 Å². The first kappa shape index (κ1) is 23.5. The van der Waals surface area contributed by atoms with Gasteiger partial charge in [-0.05, 0) is 49.7 Å². The number of ether oxygens (including phenoxy) is 2. The van der Waals surface area contributed by atoms with Gasteiger partial charge in [0, 0.05) is 19.3 Å². The molecule has 0 saturated carbocycles. The highest BCUT2D eigenvalue weighted by Gasteiger charge is 2.32. The molecule has 8 nitrogen and oxygen atoms in total. The molecular weight excluding hydrogens is 434 g/mol. The van der Waals surface area contributed by atoms with Crippen LogP contribution in [0.1, 0.15) is 33.1 Å². The maximum atomic E-state index is 13.3. The van der Waals surface area contributed by atoms with Crippen LogP contribution in [0.15, 0.2) is 59.1 Å². The Balaban J connectivity index is 1.55. The standard InChI is InChI=1S/C26H29N3O5/c1-18-11-24(19(2)34-18)26(31)29-15-23(33-17-20-7-6-9-22(12-20)32-3)14-28(25(30)16-29)13-21-8-4-5-10-27-21/h4-12,23H,13-17H2,1-3H3. The Labute approximate surface area is 199 Å². The molecule has 0 radical (unpaired) electrons. The zero-order valence-electron chi connectivity index (χ0n) is 19.7. The fourth-order valence-electron chi connectivity index (χ4n) is 4.07. The third-order valence-electron chi connectivity index (χ3n) is 5.78. The Bertz CT molecular complexity index is 1140. The van der Waals surface area contributed by atoms with Crippen LogP contribution >= 0.6 is 0 Å². The molecule has 0 aliphatic carbocycles. The molecule has 34 heavy (non-hydrogen) atoms. The second-order valence-corrected chi connectivity index (χ2v) is 8.39. The molecule has 0 N–H and O–H groups in total. The van der Waals surface area contributed by atoms with E-state index in [0.29, 0.717) is 36.8 Å². The van der Waals surface area contributed by atoms with E-state index in [1.54, 1.807) is 43.0 Å². The van der Waals surface area contributed by atoms with Crippen LogP contribution in [0.2, 0.25) is 0 Å². The Hall–Kier alpha value is -3.65. The quantitative estimate of drug-likeness (QED) is 0.534. The van der Waals surface area contributed by atoms with Gasteiger partial charge in [0.1, 0.15) is 23.8 Å². The monoisotopic (exact) mass is 463 g/mol. The molecule has 1 atom stereocenters. The van der Waals surface area contributed by atoms with Crippen LogP contribution < -0.4 is 4.74 Å². The fourth-order valence-corrected chi connectivity index (χ4v) is 4.07. The van der Waals surface area contributed by atoms with Gasteiger partial charge in [0.25, 0.3) is 5.91 Å². The van der Waals surface area contributed by atoms with E-state index in [9.17, 15) is 9.59 Å². The Morgan fingerprint density at radius 2 is 2.00 bits per heavy atom. The number of aromatic nitrogens is 1. The molecule has 2 amide bonds. The summed E-state index contributed by atoms with van der Waals surface area (Å²) < 4.78 is 17.1. The van der Waals surface area contributed by atoms with E-state index in [1.165, 1.54) is 0 Å². The highest BCUT2D eigenvalue weighted by atomic mass is 16.5. The summed E-state index contributed by atoms with van der Waals surface area (Å²) in [5, 5.41) is 0. The smallest absolute Gasteiger partial charge is 0.257 e. The number of carbonyl (C=O) groups excluding carboxylic acids is 2. The Morgan fingerprint density at radius 1 is 1.15 bits per heavy atom. The van der Waals surface area contributed by atoms with Crippen LogP contribution in [-0.2, 0) is 22.7 Å². The average Bonchev–Trinajstić information content (AvgIpc) is 3.10.